The van der Waals surface area contributed by atoms with Crippen LogP contribution in [0.25, 0.3) is 0 Å². The quantitative estimate of drug-likeness (QED) is 0.888. The number of rotatable bonds is 2. The molecule has 2 amide bonds. The van der Waals surface area contributed by atoms with Crippen LogP contribution in [0.15, 0.2) is 35.4 Å². The molecule has 2 aliphatic heterocycles. The van der Waals surface area contributed by atoms with Gasteiger partial charge in [-0.25, -0.2) is 5.43 Å². The van der Waals surface area contributed by atoms with Crippen molar-refractivity contribution < 1.29 is 9.59 Å². The molecular weight excluding hydrogens is 254 g/mol. The summed E-state index contributed by atoms with van der Waals surface area (Å²) < 4.78 is 0. The lowest BCUT2D eigenvalue weighted by Gasteiger charge is -2.26. The molecule has 0 aromatic heterocycles. The Hall–Kier alpha value is -2.17. The van der Waals surface area contributed by atoms with Crippen LogP contribution in [-0.2, 0) is 9.59 Å². The van der Waals surface area contributed by atoms with Crippen molar-refractivity contribution in [3.63, 3.8) is 0 Å². The summed E-state index contributed by atoms with van der Waals surface area (Å²) in [6.07, 6.45) is 2.76. The topological polar surface area (TPSA) is 61.8 Å². The van der Waals surface area contributed by atoms with E-state index in [4.69, 9.17) is 0 Å². The van der Waals surface area contributed by atoms with E-state index in [0.717, 1.165) is 19.4 Å². The van der Waals surface area contributed by atoms with Crippen molar-refractivity contribution in [2.75, 3.05) is 6.54 Å². The molecule has 1 saturated heterocycles. The van der Waals surface area contributed by atoms with E-state index in [1.54, 1.807) is 0 Å². The Labute approximate surface area is 117 Å². The number of hydrogen-bond donors (Lipinski definition) is 1. The Morgan fingerprint density at radius 2 is 2.05 bits per heavy atom. The SMILES string of the molecule is O=C1CCC(C(=O)N2CCCC2c2ccccc2)=NN1. The smallest absolute Gasteiger partial charge is 0.270 e. The van der Waals surface area contributed by atoms with Gasteiger partial charge in [-0.2, -0.15) is 5.10 Å². The number of hydrogen-bond acceptors (Lipinski definition) is 3. The second kappa shape index (κ2) is 5.45. The zero-order valence-electron chi connectivity index (χ0n) is 11.2. The second-order valence-electron chi connectivity index (χ2n) is 5.16. The van der Waals surface area contributed by atoms with Crippen LogP contribution in [0.5, 0.6) is 0 Å². The van der Waals surface area contributed by atoms with Gasteiger partial charge < -0.3 is 4.90 Å². The first-order valence-corrected chi connectivity index (χ1v) is 6.97. The second-order valence-corrected chi connectivity index (χ2v) is 5.16. The number of amides is 2. The highest BCUT2D eigenvalue weighted by atomic mass is 16.2. The molecular formula is C15H17N3O2. The zero-order valence-corrected chi connectivity index (χ0v) is 11.2. The standard InChI is InChI=1S/C15H17N3O2/c19-14-9-8-12(16-17-14)15(20)18-10-4-7-13(18)11-5-2-1-3-6-11/h1-3,5-6,13H,4,7-10H2,(H,17,19). The van der Waals surface area contributed by atoms with E-state index in [1.807, 2.05) is 23.1 Å². The highest BCUT2D eigenvalue weighted by Gasteiger charge is 2.33. The molecule has 0 aliphatic carbocycles. The molecule has 0 spiro atoms. The van der Waals surface area contributed by atoms with Crippen LogP contribution in [0.3, 0.4) is 0 Å². The Balaban J connectivity index is 1.79. The summed E-state index contributed by atoms with van der Waals surface area (Å²) in [5, 5.41) is 3.91. The minimum absolute atomic E-state index is 0.0450. The van der Waals surface area contributed by atoms with Crippen molar-refractivity contribution in [2.24, 2.45) is 5.10 Å². The largest absolute Gasteiger partial charge is 0.331 e. The minimum atomic E-state index is -0.123. The molecule has 5 nitrogen and oxygen atoms in total. The first-order valence-electron chi connectivity index (χ1n) is 6.97. The summed E-state index contributed by atoms with van der Waals surface area (Å²) in [5.74, 6) is -0.168. The van der Waals surface area contributed by atoms with Crippen LogP contribution in [-0.4, -0.2) is 29.0 Å². The summed E-state index contributed by atoms with van der Waals surface area (Å²) >= 11 is 0. The Kier molecular flexibility index (Phi) is 3.50. The molecule has 0 radical (unpaired) electrons. The fourth-order valence-corrected chi connectivity index (χ4v) is 2.83. The number of carbonyl (C=O) groups is 2. The van der Waals surface area contributed by atoms with Crippen molar-refractivity contribution in [3.8, 4) is 0 Å². The van der Waals surface area contributed by atoms with E-state index in [9.17, 15) is 9.59 Å². The normalized spacial score (nSPS) is 22.4. The van der Waals surface area contributed by atoms with Crippen molar-refractivity contribution in [1.29, 1.82) is 0 Å². The fourth-order valence-electron chi connectivity index (χ4n) is 2.83. The highest BCUT2D eigenvalue weighted by molar-refractivity contribution is 6.39. The third-order valence-electron chi connectivity index (χ3n) is 3.85. The fraction of sp³-hybridized carbons (Fsp3) is 0.400. The van der Waals surface area contributed by atoms with Crippen LogP contribution in [0.2, 0.25) is 0 Å². The van der Waals surface area contributed by atoms with Crippen LogP contribution < -0.4 is 5.43 Å². The molecule has 1 atom stereocenters. The maximum absolute atomic E-state index is 12.5. The van der Waals surface area contributed by atoms with Gasteiger partial charge in [0.15, 0.2) is 0 Å². The van der Waals surface area contributed by atoms with E-state index < -0.39 is 0 Å². The van der Waals surface area contributed by atoms with Gasteiger partial charge in [0.05, 0.1) is 6.04 Å². The van der Waals surface area contributed by atoms with Gasteiger partial charge in [-0.05, 0) is 18.4 Å². The van der Waals surface area contributed by atoms with E-state index in [2.05, 4.69) is 22.7 Å². The average molecular weight is 271 g/mol. The number of nitrogens with one attached hydrogen (secondary N) is 1. The van der Waals surface area contributed by atoms with Crippen LogP contribution in [0.1, 0.15) is 37.3 Å². The van der Waals surface area contributed by atoms with E-state index in [0.29, 0.717) is 18.6 Å². The third-order valence-corrected chi connectivity index (χ3v) is 3.85. The number of likely N-dealkylation sites (tertiary alicyclic amines) is 1. The number of hydrazone groups is 1. The Morgan fingerprint density at radius 3 is 2.75 bits per heavy atom. The number of carbonyl (C=O) groups excluding carboxylic acids is 2. The van der Waals surface area contributed by atoms with Gasteiger partial charge in [-0.3, -0.25) is 9.59 Å². The molecule has 0 bridgehead atoms. The molecule has 20 heavy (non-hydrogen) atoms. The van der Waals surface area contributed by atoms with Gasteiger partial charge in [-0.15, -0.1) is 0 Å². The van der Waals surface area contributed by atoms with Gasteiger partial charge >= 0.3 is 0 Å². The minimum Gasteiger partial charge on any atom is -0.331 e. The molecule has 0 saturated carbocycles. The highest BCUT2D eigenvalue weighted by Crippen LogP contribution is 2.32. The molecule has 3 rings (SSSR count). The monoisotopic (exact) mass is 271 g/mol. The van der Waals surface area contributed by atoms with Crippen molar-refractivity contribution >= 4 is 17.5 Å². The predicted octanol–water partition coefficient (Wildman–Crippen LogP) is 1.62. The number of nitrogens with zero attached hydrogens (tertiary/aromatic N) is 2. The van der Waals surface area contributed by atoms with E-state index in [1.165, 1.54) is 5.56 Å². The first kappa shape index (κ1) is 12.8. The summed E-state index contributed by atoms with van der Waals surface area (Å²) in [7, 11) is 0. The molecule has 5 heteroatoms. The van der Waals surface area contributed by atoms with Gasteiger partial charge in [0.2, 0.25) is 5.91 Å². The van der Waals surface area contributed by atoms with Gasteiger partial charge in [0.25, 0.3) is 5.91 Å². The average Bonchev–Trinajstić information content (AvgIpc) is 2.97. The lowest BCUT2D eigenvalue weighted by molar-refractivity contribution is -0.125. The molecule has 2 aliphatic rings. The summed E-state index contributed by atoms with van der Waals surface area (Å²) in [4.78, 5) is 25.5. The third kappa shape index (κ3) is 2.43. The maximum Gasteiger partial charge on any atom is 0.270 e. The Bertz CT molecular complexity index is 553. The summed E-state index contributed by atoms with van der Waals surface area (Å²) in [6.45, 7) is 0.755. The Morgan fingerprint density at radius 1 is 1.25 bits per heavy atom. The zero-order chi connectivity index (χ0) is 13.9. The van der Waals surface area contributed by atoms with Crippen LogP contribution in [0, 0.1) is 0 Å². The first-order chi connectivity index (χ1) is 9.75. The van der Waals surface area contributed by atoms with E-state index in [-0.39, 0.29) is 17.9 Å². The molecule has 2 heterocycles. The molecule has 1 N–H and O–H groups in total. The summed E-state index contributed by atoms with van der Waals surface area (Å²) in [5.41, 5.74) is 4.02. The molecule has 1 aromatic carbocycles. The summed E-state index contributed by atoms with van der Waals surface area (Å²) in [6, 6.07) is 10.2. The maximum atomic E-state index is 12.5. The van der Waals surface area contributed by atoms with Gasteiger partial charge in [0, 0.05) is 19.4 Å². The molecule has 1 fully saturated rings. The van der Waals surface area contributed by atoms with Crippen molar-refractivity contribution in [2.45, 2.75) is 31.7 Å². The van der Waals surface area contributed by atoms with Crippen LogP contribution >= 0.6 is 0 Å². The van der Waals surface area contributed by atoms with Gasteiger partial charge in [0.1, 0.15) is 5.71 Å². The molecule has 1 unspecified atom stereocenters. The van der Waals surface area contributed by atoms with E-state index >= 15 is 0 Å². The lowest BCUT2D eigenvalue weighted by Crippen LogP contribution is -2.39. The van der Waals surface area contributed by atoms with Gasteiger partial charge in [-0.1, -0.05) is 30.3 Å². The van der Waals surface area contributed by atoms with Crippen molar-refractivity contribution in [1.82, 2.24) is 10.3 Å². The predicted molar refractivity (Wildman–Crippen MR) is 74.9 cm³/mol. The molecule has 104 valence electrons. The lowest BCUT2D eigenvalue weighted by atomic mass is 10.0. The molecule has 1 aromatic rings. The number of benzene rings is 1. The van der Waals surface area contributed by atoms with Crippen LogP contribution in [0.4, 0.5) is 0 Å². The van der Waals surface area contributed by atoms with Crippen molar-refractivity contribution in [3.05, 3.63) is 35.9 Å².